The van der Waals surface area contributed by atoms with Crippen LogP contribution in [0, 0.1) is 6.92 Å². The number of aryl methyl sites for hydroxylation is 1. The van der Waals surface area contributed by atoms with E-state index in [4.69, 9.17) is 4.74 Å². The van der Waals surface area contributed by atoms with Crippen molar-refractivity contribution < 1.29 is 9.53 Å². The molecule has 4 heteroatoms. The summed E-state index contributed by atoms with van der Waals surface area (Å²) >= 11 is 0. The predicted molar refractivity (Wildman–Crippen MR) is 66.6 cm³/mol. The highest BCUT2D eigenvalue weighted by molar-refractivity contribution is 5.78. The third kappa shape index (κ3) is 3.82. The summed E-state index contributed by atoms with van der Waals surface area (Å²) in [4.78, 5) is 16.0. The highest BCUT2D eigenvalue weighted by Crippen LogP contribution is 2.17. The molecule has 1 aromatic heterocycles. The second-order valence-electron chi connectivity index (χ2n) is 3.87. The maximum atomic E-state index is 11.9. The third-order valence-corrected chi connectivity index (χ3v) is 2.51. The second kappa shape index (κ2) is 7.01. The van der Waals surface area contributed by atoms with Crippen LogP contribution in [0.3, 0.4) is 0 Å². The van der Waals surface area contributed by atoms with Crippen LogP contribution in [0.15, 0.2) is 18.5 Å². The monoisotopic (exact) mass is 236 g/mol. The number of carbonyl (C=O) groups excluding carboxylic acids is 1. The zero-order valence-electron chi connectivity index (χ0n) is 10.7. The maximum Gasteiger partial charge on any atom is 0.327 e. The van der Waals surface area contributed by atoms with Gasteiger partial charge in [-0.15, -0.1) is 0 Å². The molecular formula is C13H20N2O2. The molecule has 0 bridgehead atoms. The van der Waals surface area contributed by atoms with Crippen LogP contribution in [0.1, 0.15) is 37.4 Å². The van der Waals surface area contributed by atoms with E-state index >= 15 is 0 Å². The van der Waals surface area contributed by atoms with Crippen LogP contribution in [0.2, 0.25) is 0 Å². The molecule has 0 fully saturated rings. The van der Waals surface area contributed by atoms with Gasteiger partial charge in [-0.3, -0.25) is 4.98 Å². The van der Waals surface area contributed by atoms with Gasteiger partial charge in [0, 0.05) is 18.0 Å². The summed E-state index contributed by atoms with van der Waals surface area (Å²) < 4.78 is 5.08. The standard InChI is InChI=1S/C13H20N2O2/c1-4-7-15-12(13(16)17-5-2)11-9-14-8-6-10(11)3/h6,8-9,12,15H,4-5,7H2,1-3H3. The van der Waals surface area contributed by atoms with Crippen molar-refractivity contribution in [2.45, 2.75) is 33.2 Å². The smallest absolute Gasteiger partial charge is 0.327 e. The summed E-state index contributed by atoms with van der Waals surface area (Å²) in [6.45, 7) is 7.01. The van der Waals surface area contributed by atoms with Gasteiger partial charge in [0.15, 0.2) is 0 Å². The van der Waals surface area contributed by atoms with E-state index in [-0.39, 0.29) is 5.97 Å². The number of ether oxygens (including phenoxy) is 1. The van der Waals surface area contributed by atoms with Crippen LogP contribution in [-0.2, 0) is 9.53 Å². The first-order valence-corrected chi connectivity index (χ1v) is 6.01. The van der Waals surface area contributed by atoms with Gasteiger partial charge < -0.3 is 10.1 Å². The number of aromatic nitrogens is 1. The lowest BCUT2D eigenvalue weighted by atomic mass is 10.0. The van der Waals surface area contributed by atoms with E-state index in [0.717, 1.165) is 24.1 Å². The van der Waals surface area contributed by atoms with Crippen LogP contribution < -0.4 is 5.32 Å². The van der Waals surface area contributed by atoms with Crippen LogP contribution in [-0.4, -0.2) is 24.1 Å². The number of pyridine rings is 1. The van der Waals surface area contributed by atoms with E-state index in [1.807, 2.05) is 19.9 Å². The molecule has 0 saturated heterocycles. The first kappa shape index (κ1) is 13.6. The average molecular weight is 236 g/mol. The molecule has 0 amide bonds. The SMILES string of the molecule is CCCNC(C(=O)OCC)c1cnccc1C. The summed E-state index contributed by atoms with van der Waals surface area (Å²) in [6.07, 6.45) is 4.41. The number of carbonyl (C=O) groups is 1. The molecule has 1 rings (SSSR count). The van der Waals surface area contributed by atoms with Crippen molar-refractivity contribution in [2.24, 2.45) is 0 Å². The molecule has 1 heterocycles. The molecule has 0 aromatic carbocycles. The largest absolute Gasteiger partial charge is 0.465 e. The van der Waals surface area contributed by atoms with E-state index in [1.54, 1.807) is 12.4 Å². The molecule has 1 atom stereocenters. The Bertz CT molecular complexity index is 366. The fourth-order valence-corrected chi connectivity index (χ4v) is 1.61. The molecule has 0 aliphatic rings. The van der Waals surface area contributed by atoms with E-state index in [2.05, 4.69) is 17.2 Å². The van der Waals surface area contributed by atoms with Crippen LogP contribution >= 0.6 is 0 Å². The highest BCUT2D eigenvalue weighted by atomic mass is 16.5. The normalized spacial score (nSPS) is 12.2. The Labute approximate surface area is 102 Å². The van der Waals surface area contributed by atoms with Gasteiger partial charge in [-0.2, -0.15) is 0 Å². The summed E-state index contributed by atoms with van der Waals surface area (Å²) in [5.74, 6) is -0.239. The fourth-order valence-electron chi connectivity index (χ4n) is 1.61. The van der Waals surface area contributed by atoms with Gasteiger partial charge in [0.2, 0.25) is 0 Å². The van der Waals surface area contributed by atoms with Crippen molar-refractivity contribution in [3.8, 4) is 0 Å². The number of esters is 1. The van der Waals surface area contributed by atoms with Crippen LogP contribution in [0.4, 0.5) is 0 Å². The van der Waals surface area contributed by atoms with Gasteiger partial charge in [0.05, 0.1) is 6.61 Å². The predicted octanol–water partition coefficient (Wildman–Crippen LogP) is 1.99. The van der Waals surface area contributed by atoms with Crippen molar-refractivity contribution in [1.82, 2.24) is 10.3 Å². The quantitative estimate of drug-likeness (QED) is 0.767. The Kier molecular flexibility index (Phi) is 5.63. The Hall–Kier alpha value is -1.42. The molecule has 0 saturated carbocycles. The first-order chi connectivity index (χ1) is 8.20. The minimum Gasteiger partial charge on any atom is -0.465 e. The summed E-state index contributed by atoms with van der Waals surface area (Å²) in [5, 5.41) is 3.20. The Morgan fingerprint density at radius 1 is 1.53 bits per heavy atom. The van der Waals surface area contributed by atoms with Crippen molar-refractivity contribution in [3.63, 3.8) is 0 Å². The molecule has 0 radical (unpaired) electrons. The molecule has 4 nitrogen and oxygen atoms in total. The molecule has 0 aliphatic heterocycles. The van der Waals surface area contributed by atoms with Gasteiger partial charge in [-0.1, -0.05) is 6.92 Å². The molecule has 17 heavy (non-hydrogen) atoms. The zero-order chi connectivity index (χ0) is 12.7. The van der Waals surface area contributed by atoms with E-state index in [9.17, 15) is 4.79 Å². The lowest BCUT2D eigenvalue weighted by Gasteiger charge is -2.18. The topological polar surface area (TPSA) is 51.2 Å². The van der Waals surface area contributed by atoms with Gasteiger partial charge >= 0.3 is 5.97 Å². The average Bonchev–Trinajstić information content (AvgIpc) is 2.32. The fraction of sp³-hybridized carbons (Fsp3) is 0.538. The minimum atomic E-state index is -0.413. The third-order valence-electron chi connectivity index (χ3n) is 2.51. The maximum absolute atomic E-state index is 11.9. The molecule has 0 aliphatic carbocycles. The molecule has 1 aromatic rings. The summed E-state index contributed by atoms with van der Waals surface area (Å²) in [6, 6.07) is 1.48. The van der Waals surface area contributed by atoms with E-state index in [0.29, 0.717) is 6.61 Å². The van der Waals surface area contributed by atoms with Crippen molar-refractivity contribution >= 4 is 5.97 Å². The minimum absolute atomic E-state index is 0.239. The van der Waals surface area contributed by atoms with Crippen LogP contribution in [0.5, 0.6) is 0 Å². The summed E-state index contributed by atoms with van der Waals surface area (Å²) in [5.41, 5.74) is 1.93. The van der Waals surface area contributed by atoms with Gasteiger partial charge in [0.25, 0.3) is 0 Å². The van der Waals surface area contributed by atoms with Crippen molar-refractivity contribution in [2.75, 3.05) is 13.2 Å². The Morgan fingerprint density at radius 2 is 2.29 bits per heavy atom. The van der Waals surface area contributed by atoms with Crippen molar-refractivity contribution in [1.29, 1.82) is 0 Å². The first-order valence-electron chi connectivity index (χ1n) is 6.01. The zero-order valence-corrected chi connectivity index (χ0v) is 10.7. The number of nitrogens with one attached hydrogen (secondary N) is 1. The lowest BCUT2D eigenvalue weighted by molar-refractivity contribution is -0.145. The van der Waals surface area contributed by atoms with Crippen LogP contribution in [0.25, 0.3) is 0 Å². The Balaban J connectivity index is 2.89. The lowest BCUT2D eigenvalue weighted by Crippen LogP contribution is -2.31. The number of hydrogen-bond acceptors (Lipinski definition) is 4. The molecule has 0 spiro atoms. The van der Waals surface area contributed by atoms with Gasteiger partial charge in [-0.05, 0) is 38.4 Å². The molecule has 1 unspecified atom stereocenters. The molecular weight excluding hydrogens is 216 g/mol. The van der Waals surface area contributed by atoms with Gasteiger partial charge in [-0.25, -0.2) is 4.79 Å². The van der Waals surface area contributed by atoms with Crippen molar-refractivity contribution in [3.05, 3.63) is 29.6 Å². The van der Waals surface area contributed by atoms with E-state index < -0.39 is 6.04 Å². The highest BCUT2D eigenvalue weighted by Gasteiger charge is 2.22. The number of rotatable bonds is 6. The molecule has 94 valence electrons. The Morgan fingerprint density at radius 3 is 2.88 bits per heavy atom. The summed E-state index contributed by atoms with van der Waals surface area (Å²) in [7, 11) is 0. The van der Waals surface area contributed by atoms with E-state index in [1.165, 1.54) is 0 Å². The number of nitrogens with zero attached hydrogens (tertiary/aromatic N) is 1. The van der Waals surface area contributed by atoms with Gasteiger partial charge in [0.1, 0.15) is 6.04 Å². The second-order valence-corrected chi connectivity index (χ2v) is 3.87. The molecule has 1 N–H and O–H groups in total. The number of hydrogen-bond donors (Lipinski definition) is 1.